The Morgan fingerprint density at radius 1 is 1.31 bits per heavy atom. The van der Waals surface area contributed by atoms with Gasteiger partial charge in [0.25, 0.3) is 5.91 Å². The lowest BCUT2D eigenvalue weighted by atomic mass is 9.99. The summed E-state index contributed by atoms with van der Waals surface area (Å²) >= 11 is 1.21. The van der Waals surface area contributed by atoms with Crippen LogP contribution in [0.15, 0.2) is 58.6 Å². The summed E-state index contributed by atoms with van der Waals surface area (Å²) in [6.45, 7) is 10.9. The number of rotatable bonds is 9. The molecule has 7 nitrogen and oxygen atoms in total. The van der Waals surface area contributed by atoms with E-state index in [-0.39, 0.29) is 10.6 Å². The topological polar surface area (TPSA) is 70.7 Å². The van der Waals surface area contributed by atoms with Crippen LogP contribution >= 0.6 is 11.8 Å². The lowest BCUT2D eigenvalue weighted by molar-refractivity contribution is -0.144. The van der Waals surface area contributed by atoms with Gasteiger partial charge in [0.15, 0.2) is 5.84 Å². The van der Waals surface area contributed by atoms with Crippen molar-refractivity contribution in [2.24, 2.45) is 10.1 Å². The van der Waals surface area contributed by atoms with Gasteiger partial charge in [-0.15, -0.1) is 0 Å². The second-order valence-corrected chi connectivity index (χ2v) is 9.09. The van der Waals surface area contributed by atoms with Gasteiger partial charge < -0.3 is 4.74 Å². The molecule has 0 saturated carbocycles. The van der Waals surface area contributed by atoms with E-state index in [0.29, 0.717) is 31.6 Å². The van der Waals surface area contributed by atoms with Crippen molar-refractivity contribution in [2.45, 2.75) is 44.1 Å². The van der Waals surface area contributed by atoms with E-state index in [1.165, 1.54) is 23.9 Å². The van der Waals surface area contributed by atoms with E-state index in [1.54, 1.807) is 6.92 Å². The third-order valence-corrected chi connectivity index (χ3v) is 7.03. The lowest BCUT2D eigenvalue weighted by Crippen LogP contribution is -2.45. The van der Waals surface area contributed by atoms with Crippen molar-refractivity contribution >= 4 is 28.5 Å². The fourth-order valence-corrected chi connectivity index (χ4v) is 5.10. The Morgan fingerprint density at radius 3 is 2.71 bits per heavy atom. The molecule has 1 amide bonds. The number of benzene rings is 2. The second-order valence-electron chi connectivity index (χ2n) is 7.82. The highest BCUT2D eigenvalue weighted by Gasteiger charge is 2.49. The van der Waals surface area contributed by atoms with Gasteiger partial charge in [0.05, 0.1) is 0 Å². The van der Waals surface area contributed by atoms with Crippen LogP contribution < -0.4 is 5.43 Å². The van der Waals surface area contributed by atoms with Crippen LogP contribution in [0.25, 0.3) is 4.95 Å². The van der Waals surface area contributed by atoms with E-state index in [9.17, 15) is 13.6 Å². The Kier molecular flexibility index (Phi) is 8.95. The second kappa shape index (κ2) is 11.9. The minimum atomic E-state index is -1.02. The number of nitrogens with one attached hydrogen (secondary N) is 1. The Labute approximate surface area is 208 Å². The van der Waals surface area contributed by atoms with Gasteiger partial charge in [-0.3, -0.25) is 9.79 Å². The first-order valence-corrected chi connectivity index (χ1v) is 12.0. The number of amidine groups is 1. The average molecular weight is 500 g/mol. The third-order valence-electron chi connectivity index (χ3n) is 5.59. The first kappa shape index (κ1) is 26.3. The van der Waals surface area contributed by atoms with Gasteiger partial charge in [-0.25, -0.2) is 13.8 Å². The SMILES string of the molecule is [C-]#[N+]NC(CC)=NCCC[C@]1(c2ccccc2)SC(c2cc(F)ccc2F)=NN1C(=O)[C@H](C)OC. The number of hydrogen-bond acceptors (Lipinski definition) is 5. The molecule has 2 aromatic rings. The summed E-state index contributed by atoms with van der Waals surface area (Å²) in [4.78, 5) is 20.0. The van der Waals surface area contributed by atoms with E-state index in [4.69, 9.17) is 11.3 Å². The monoisotopic (exact) mass is 499 g/mol. The predicted octanol–water partition coefficient (Wildman–Crippen LogP) is 5.10. The summed E-state index contributed by atoms with van der Waals surface area (Å²) in [6.07, 6.45) is 0.756. The van der Waals surface area contributed by atoms with Crippen molar-refractivity contribution in [3.63, 3.8) is 0 Å². The highest BCUT2D eigenvalue weighted by atomic mass is 32.2. The molecule has 0 aliphatic carbocycles. The molecule has 1 heterocycles. The van der Waals surface area contributed by atoms with Crippen LogP contribution in [0.4, 0.5) is 8.78 Å². The number of ether oxygens (including phenoxy) is 1. The van der Waals surface area contributed by atoms with Crippen molar-refractivity contribution < 1.29 is 18.3 Å². The third kappa shape index (κ3) is 5.86. The maximum atomic E-state index is 14.7. The number of hydrazone groups is 1. The molecule has 0 fully saturated rings. The Hall–Kier alpha value is -3.29. The van der Waals surface area contributed by atoms with Gasteiger partial charge in [0, 0.05) is 25.6 Å². The van der Waals surface area contributed by atoms with Crippen LogP contribution in [-0.2, 0) is 14.4 Å². The number of carbonyl (C=O) groups is 1. The van der Waals surface area contributed by atoms with Crippen molar-refractivity contribution in [2.75, 3.05) is 13.7 Å². The van der Waals surface area contributed by atoms with E-state index in [0.717, 1.165) is 23.8 Å². The molecule has 0 spiro atoms. The molecule has 2 atom stereocenters. The van der Waals surface area contributed by atoms with Crippen molar-refractivity contribution in [3.05, 3.63) is 82.8 Å². The first-order valence-electron chi connectivity index (χ1n) is 11.2. The molecule has 1 N–H and O–H groups in total. The first-order chi connectivity index (χ1) is 16.9. The van der Waals surface area contributed by atoms with Gasteiger partial charge in [0.2, 0.25) is 0 Å². The molecule has 184 valence electrons. The molecule has 1 aliphatic heterocycles. The maximum absolute atomic E-state index is 14.7. The van der Waals surface area contributed by atoms with E-state index in [2.05, 4.69) is 20.5 Å². The zero-order valence-electron chi connectivity index (χ0n) is 19.8. The van der Waals surface area contributed by atoms with E-state index >= 15 is 0 Å². The zero-order chi connectivity index (χ0) is 25.4. The van der Waals surface area contributed by atoms with Gasteiger partial charge >= 0.3 is 0 Å². The Morgan fingerprint density at radius 2 is 2.06 bits per heavy atom. The molecule has 2 aromatic carbocycles. The summed E-state index contributed by atoms with van der Waals surface area (Å²) < 4.78 is 34.0. The van der Waals surface area contributed by atoms with Crippen molar-refractivity contribution in [1.82, 2.24) is 10.4 Å². The lowest BCUT2D eigenvalue weighted by Gasteiger charge is -2.36. The minimum absolute atomic E-state index is 0.0109. The summed E-state index contributed by atoms with van der Waals surface area (Å²) in [5.41, 5.74) is 3.32. The fourth-order valence-electron chi connectivity index (χ4n) is 3.67. The molecular weight excluding hydrogens is 472 g/mol. The molecule has 0 saturated heterocycles. The normalized spacial score (nSPS) is 18.7. The number of thioether (sulfide) groups is 1. The van der Waals surface area contributed by atoms with Crippen LogP contribution in [0.3, 0.4) is 0 Å². The van der Waals surface area contributed by atoms with Crippen molar-refractivity contribution in [1.29, 1.82) is 0 Å². The molecule has 3 rings (SSSR count). The number of nitrogens with zero attached hydrogens (tertiary/aromatic N) is 4. The number of hydrogen-bond donors (Lipinski definition) is 1. The van der Waals surface area contributed by atoms with Crippen LogP contribution in [0.1, 0.15) is 44.2 Å². The summed E-state index contributed by atoms with van der Waals surface area (Å²) in [6, 6.07) is 12.5. The highest BCUT2D eigenvalue weighted by Crippen LogP contribution is 2.51. The summed E-state index contributed by atoms with van der Waals surface area (Å²) in [5.74, 6) is -1.05. The average Bonchev–Trinajstić information content (AvgIpc) is 3.27. The molecule has 35 heavy (non-hydrogen) atoms. The van der Waals surface area contributed by atoms with Crippen LogP contribution in [0.2, 0.25) is 0 Å². The Bertz CT molecular complexity index is 1150. The molecular formula is C25H27F2N5O2S. The molecule has 0 bridgehead atoms. The molecule has 0 unspecified atom stereocenters. The van der Waals surface area contributed by atoms with Gasteiger partial charge in [-0.05, 0) is 43.5 Å². The molecule has 0 aromatic heterocycles. The molecule has 10 heteroatoms. The standard InChI is InChI=1S/C25H27F2N5O2S/c1-5-22(30-28-3)29-15-9-14-25(18-10-7-6-8-11-18)32(24(33)17(2)34-4)31-23(35-25)20-16-19(26)12-13-21(20)27/h6-8,10-13,16-17H,5,9,14-15H2,1-2,4H3,(H,29,30)/t17-,25+/m0/s1. The number of aliphatic imine (C=N–C) groups is 1. The maximum Gasteiger partial charge on any atom is 0.273 e. The minimum Gasteiger partial charge on any atom is -0.372 e. The number of methoxy groups -OCH3 is 1. The predicted molar refractivity (Wildman–Crippen MR) is 133 cm³/mol. The Balaban J connectivity index is 2.05. The largest absolute Gasteiger partial charge is 0.372 e. The zero-order valence-corrected chi connectivity index (χ0v) is 20.6. The summed E-state index contributed by atoms with van der Waals surface area (Å²) in [7, 11) is 1.43. The number of amides is 1. The highest BCUT2D eigenvalue weighted by molar-refractivity contribution is 8.15. The van der Waals surface area contributed by atoms with Crippen molar-refractivity contribution in [3.8, 4) is 0 Å². The summed E-state index contributed by atoms with van der Waals surface area (Å²) in [5, 5.41) is 6.05. The van der Waals surface area contributed by atoms with Crippen LogP contribution in [-0.4, -0.2) is 41.6 Å². The van der Waals surface area contributed by atoms with Gasteiger partial charge in [-0.2, -0.15) is 16.6 Å². The fraction of sp³-hybridized carbons (Fsp3) is 0.360. The number of carbonyl (C=O) groups excluding carboxylic acids is 1. The number of halogens is 2. The van der Waals surface area contributed by atoms with E-state index < -0.39 is 28.5 Å². The quantitative estimate of drug-likeness (QED) is 0.171. The van der Waals surface area contributed by atoms with Gasteiger partial charge in [0.1, 0.15) is 27.7 Å². The molecule has 1 aliphatic rings. The van der Waals surface area contributed by atoms with E-state index in [1.807, 2.05) is 37.3 Å². The van der Waals surface area contributed by atoms with Gasteiger partial charge in [-0.1, -0.05) is 54.4 Å². The molecule has 0 radical (unpaired) electrons. The van der Waals surface area contributed by atoms with Crippen LogP contribution in [0.5, 0.6) is 0 Å². The smallest absolute Gasteiger partial charge is 0.273 e. The van der Waals surface area contributed by atoms with Crippen LogP contribution in [0, 0.1) is 18.2 Å².